The molecule has 28 heavy (non-hydrogen) atoms. The minimum Gasteiger partial charge on any atom is -0.368 e. The number of hydrogen-bond donors (Lipinski definition) is 0. The summed E-state index contributed by atoms with van der Waals surface area (Å²) in [5, 5.41) is 0.676. The average molecular weight is 398 g/mol. The molecule has 2 aromatic rings. The Morgan fingerprint density at radius 2 is 1.54 bits per heavy atom. The van der Waals surface area contributed by atoms with Gasteiger partial charge in [0.05, 0.1) is 11.1 Å². The van der Waals surface area contributed by atoms with E-state index in [9.17, 15) is 14.4 Å². The third-order valence-electron chi connectivity index (χ3n) is 5.33. The highest BCUT2D eigenvalue weighted by molar-refractivity contribution is 6.30. The summed E-state index contributed by atoms with van der Waals surface area (Å²) in [4.78, 5) is 43.2. The Balaban J connectivity index is 1.43. The van der Waals surface area contributed by atoms with Gasteiger partial charge in [-0.3, -0.25) is 19.3 Å². The van der Waals surface area contributed by atoms with Crippen LogP contribution in [0.25, 0.3) is 0 Å². The molecular formula is C21H20ClN3O3. The van der Waals surface area contributed by atoms with Crippen LogP contribution in [0.1, 0.15) is 27.6 Å². The fourth-order valence-electron chi connectivity index (χ4n) is 3.79. The fraction of sp³-hybridized carbons (Fsp3) is 0.286. The lowest BCUT2D eigenvalue weighted by molar-refractivity contribution is -0.135. The molecule has 0 spiro atoms. The van der Waals surface area contributed by atoms with Crippen LogP contribution in [0.4, 0.5) is 5.69 Å². The zero-order valence-corrected chi connectivity index (χ0v) is 16.2. The van der Waals surface area contributed by atoms with Crippen LogP contribution in [0.3, 0.4) is 0 Å². The molecule has 4 rings (SSSR count). The maximum Gasteiger partial charge on any atom is 0.262 e. The fourth-order valence-corrected chi connectivity index (χ4v) is 3.98. The van der Waals surface area contributed by atoms with Gasteiger partial charge in [0, 0.05) is 36.9 Å². The van der Waals surface area contributed by atoms with Gasteiger partial charge in [-0.15, -0.1) is 0 Å². The molecule has 0 bridgehead atoms. The smallest absolute Gasteiger partial charge is 0.262 e. The number of nitrogens with zero attached hydrogens (tertiary/aromatic N) is 3. The van der Waals surface area contributed by atoms with E-state index in [1.807, 2.05) is 24.3 Å². The lowest BCUT2D eigenvalue weighted by Gasteiger charge is -2.38. The average Bonchev–Trinajstić information content (AvgIpc) is 2.98. The molecule has 2 aliphatic rings. The van der Waals surface area contributed by atoms with Crippen molar-refractivity contribution in [1.82, 2.24) is 9.80 Å². The first-order chi connectivity index (χ1) is 13.5. The SMILES string of the molecule is CC(C(=O)N1CCN(c2cccc(Cl)c2)CC1)N1C(=O)c2ccccc2C1=O. The number of carbonyl (C=O) groups is 3. The maximum atomic E-state index is 13.0. The molecule has 1 unspecified atom stereocenters. The van der Waals surface area contributed by atoms with Crippen LogP contribution in [-0.2, 0) is 4.79 Å². The van der Waals surface area contributed by atoms with E-state index in [4.69, 9.17) is 11.6 Å². The summed E-state index contributed by atoms with van der Waals surface area (Å²) >= 11 is 6.06. The van der Waals surface area contributed by atoms with Crippen molar-refractivity contribution in [2.75, 3.05) is 31.1 Å². The minimum atomic E-state index is -0.829. The third kappa shape index (κ3) is 3.14. The maximum absolute atomic E-state index is 13.0. The van der Waals surface area contributed by atoms with E-state index in [1.165, 1.54) is 0 Å². The van der Waals surface area contributed by atoms with Gasteiger partial charge < -0.3 is 9.80 Å². The number of carbonyl (C=O) groups excluding carboxylic acids is 3. The van der Waals surface area contributed by atoms with Crippen LogP contribution in [0.2, 0.25) is 5.02 Å². The van der Waals surface area contributed by atoms with Crippen LogP contribution in [0.15, 0.2) is 48.5 Å². The molecule has 0 saturated carbocycles. The zero-order chi connectivity index (χ0) is 19.8. The number of imide groups is 1. The highest BCUT2D eigenvalue weighted by Crippen LogP contribution is 2.26. The Hall–Kier alpha value is -2.86. The van der Waals surface area contributed by atoms with E-state index in [0.29, 0.717) is 42.3 Å². The molecule has 6 nitrogen and oxygen atoms in total. The van der Waals surface area contributed by atoms with Gasteiger partial charge in [-0.25, -0.2) is 0 Å². The Morgan fingerprint density at radius 3 is 2.11 bits per heavy atom. The van der Waals surface area contributed by atoms with E-state index in [-0.39, 0.29) is 5.91 Å². The molecule has 0 N–H and O–H groups in total. The number of fused-ring (bicyclic) bond motifs is 1. The van der Waals surface area contributed by atoms with Crippen molar-refractivity contribution in [2.24, 2.45) is 0 Å². The van der Waals surface area contributed by atoms with Gasteiger partial charge in [0.2, 0.25) is 5.91 Å². The second-order valence-electron chi connectivity index (χ2n) is 6.99. The Labute approximate surface area is 168 Å². The van der Waals surface area contributed by atoms with Gasteiger partial charge >= 0.3 is 0 Å². The van der Waals surface area contributed by atoms with Gasteiger partial charge in [-0.1, -0.05) is 29.8 Å². The number of anilines is 1. The first-order valence-corrected chi connectivity index (χ1v) is 9.61. The van der Waals surface area contributed by atoms with Crippen LogP contribution >= 0.6 is 11.6 Å². The molecular weight excluding hydrogens is 378 g/mol. The molecule has 3 amide bonds. The molecule has 1 fully saturated rings. The van der Waals surface area contributed by atoms with Crippen molar-refractivity contribution in [3.63, 3.8) is 0 Å². The largest absolute Gasteiger partial charge is 0.368 e. The predicted octanol–water partition coefficient (Wildman–Crippen LogP) is 2.67. The van der Waals surface area contributed by atoms with E-state index in [1.54, 1.807) is 36.1 Å². The van der Waals surface area contributed by atoms with Gasteiger partial charge in [0.15, 0.2) is 0 Å². The summed E-state index contributed by atoms with van der Waals surface area (Å²) in [7, 11) is 0. The molecule has 2 aromatic carbocycles. The third-order valence-corrected chi connectivity index (χ3v) is 5.57. The lowest BCUT2D eigenvalue weighted by atomic mass is 10.1. The van der Waals surface area contributed by atoms with Crippen LogP contribution in [0, 0.1) is 0 Å². The number of rotatable bonds is 3. The molecule has 0 radical (unpaired) electrons. The monoisotopic (exact) mass is 397 g/mol. The number of benzene rings is 2. The van der Waals surface area contributed by atoms with E-state index >= 15 is 0 Å². The highest BCUT2D eigenvalue weighted by Gasteiger charge is 2.42. The van der Waals surface area contributed by atoms with Crippen molar-refractivity contribution >= 4 is 35.0 Å². The molecule has 2 heterocycles. The molecule has 7 heteroatoms. The van der Waals surface area contributed by atoms with Gasteiger partial charge in [-0.05, 0) is 37.3 Å². The van der Waals surface area contributed by atoms with Crippen molar-refractivity contribution in [1.29, 1.82) is 0 Å². The summed E-state index contributed by atoms with van der Waals surface area (Å²) in [5.41, 5.74) is 1.74. The Morgan fingerprint density at radius 1 is 0.929 bits per heavy atom. The first kappa shape index (κ1) is 18.5. The van der Waals surface area contributed by atoms with E-state index < -0.39 is 17.9 Å². The summed E-state index contributed by atoms with van der Waals surface area (Å²) in [6.45, 7) is 4.01. The lowest BCUT2D eigenvalue weighted by Crippen LogP contribution is -2.55. The number of piperazine rings is 1. The van der Waals surface area contributed by atoms with Crippen LogP contribution in [0.5, 0.6) is 0 Å². The van der Waals surface area contributed by atoms with Gasteiger partial charge in [0.1, 0.15) is 6.04 Å². The first-order valence-electron chi connectivity index (χ1n) is 9.23. The number of hydrogen-bond acceptors (Lipinski definition) is 4. The van der Waals surface area contributed by atoms with Gasteiger partial charge in [-0.2, -0.15) is 0 Å². The summed E-state index contributed by atoms with van der Waals surface area (Å²) < 4.78 is 0. The van der Waals surface area contributed by atoms with Crippen molar-refractivity contribution in [3.8, 4) is 0 Å². The van der Waals surface area contributed by atoms with E-state index in [0.717, 1.165) is 10.6 Å². The molecule has 1 atom stereocenters. The molecule has 0 aromatic heterocycles. The summed E-state index contributed by atoms with van der Waals surface area (Å²) in [6.07, 6.45) is 0. The Bertz CT molecular complexity index is 918. The predicted molar refractivity (Wildman–Crippen MR) is 107 cm³/mol. The van der Waals surface area contributed by atoms with Crippen molar-refractivity contribution < 1.29 is 14.4 Å². The topological polar surface area (TPSA) is 60.9 Å². The van der Waals surface area contributed by atoms with Gasteiger partial charge in [0.25, 0.3) is 11.8 Å². The summed E-state index contributed by atoms with van der Waals surface area (Å²) in [5.74, 6) is -1.02. The zero-order valence-electron chi connectivity index (χ0n) is 15.5. The molecule has 0 aliphatic carbocycles. The molecule has 2 aliphatic heterocycles. The quantitative estimate of drug-likeness (QED) is 0.747. The second kappa shape index (κ2) is 7.28. The van der Waals surface area contributed by atoms with Crippen LogP contribution in [-0.4, -0.2) is 59.7 Å². The standard InChI is InChI=1S/C21H20ClN3O3/c1-14(25-20(27)17-7-2-3-8-18(17)21(25)28)19(26)24-11-9-23(10-12-24)16-6-4-5-15(22)13-16/h2-8,13-14H,9-12H2,1H3. The highest BCUT2D eigenvalue weighted by atomic mass is 35.5. The Kier molecular flexibility index (Phi) is 4.81. The number of halogens is 1. The minimum absolute atomic E-state index is 0.208. The van der Waals surface area contributed by atoms with Crippen molar-refractivity contribution in [2.45, 2.75) is 13.0 Å². The molecule has 144 valence electrons. The number of amides is 3. The second-order valence-corrected chi connectivity index (χ2v) is 7.43. The molecule has 1 saturated heterocycles. The van der Waals surface area contributed by atoms with E-state index in [2.05, 4.69) is 4.90 Å². The van der Waals surface area contributed by atoms with Crippen LogP contribution < -0.4 is 4.90 Å². The summed E-state index contributed by atoms with van der Waals surface area (Å²) in [6, 6.07) is 13.5. The van der Waals surface area contributed by atoms with Crippen molar-refractivity contribution in [3.05, 3.63) is 64.7 Å². The normalized spacial score (nSPS) is 17.7.